The minimum absolute atomic E-state index is 0.146. The normalized spacial score (nSPS) is 20.5. The molecule has 0 atom stereocenters. The third-order valence-corrected chi connectivity index (χ3v) is 6.52. The lowest BCUT2D eigenvalue weighted by atomic mass is 9.77. The van der Waals surface area contributed by atoms with E-state index in [2.05, 4.69) is 19.9 Å². The Morgan fingerprint density at radius 2 is 1.73 bits per heavy atom. The van der Waals surface area contributed by atoms with Crippen LogP contribution in [0.1, 0.15) is 37.3 Å². The van der Waals surface area contributed by atoms with Crippen molar-refractivity contribution in [1.29, 1.82) is 0 Å². The Morgan fingerprint density at radius 3 is 2.42 bits per heavy atom. The minimum atomic E-state index is -0.819. The van der Waals surface area contributed by atoms with Gasteiger partial charge in [0.25, 0.3) is 0 Å². The molecule has 2 aromatic heterocycles. The molecule has 0 saturated heterocycles. The summed E-state index contributed by atoms with van der Waals surface area (Å²) < 4.78 is 15.7. The maximum absolute atomic E-state index is 13.6. The van der Waals surface area contributed by atoms with Gasteiger partial charge >= 0.3 is 0 Å². The molecule has 1 aliphatic carbocycles. The average Bonchev–Trinajstić information content (AvgIpc) is 3.31. The van der Waals surface area contributed by atoms with Gasteiger partial charge in [-0.15, -0.1) is 0 Å². The molecule has 0 spiro atoms. The van der Waals surface area contributed by atoms with Crippen molar-refractivity contribution < 1.29 is 9.50 Å². The van der Waals surface area contributed by atoms with Gasteiger partial charge in [0.1, 0.15) is 17.3 Å². The smallest absolute Gasteiger partial charge is 0.180 e. The molecular weight excluding hydrogens is 417 g/mol. The monoisotopic (exact) mass is 443 g/mol. The number of imidazole rings is 1. The highest BCUT2D eigenvalue weighted by atomic mass is 19.1. The molecule has 7 heteroatoms. The number of hydrogen-bond donors (Lipinski definition) is 2. The van der Waals surface area contributed by atoms with Crippen LogP contribution in [0.15, 0.2) is 73.2 Å². The fourth-order valence-corrected chi connectivity index (χ4v) is 4.69. The van der Waals surface area contributed by atoms with Gasteiger partial charge < -0.3 is 15.0 Å². The molecule has 1 saturated carbocycles. The summed E-state index contributed by atoms with van der Waals surface area (Å²) in [6.07, 6.45) is 6.44. The van der Waals surface area contributed by atoms with Crippen LogP contribution in [-0.2, 0) is 5.60 Å². The number of nitrogens with zero attached hydrogens (tertiary/aromatic N) is 4. The zero-order valence-electron chi connectivity index (χ0n) is 18.4. The maximum atomic E-state index is 13.6. The summed E-state index contributed by atoms with van der Waals surface area (Å²) in [5.74, 6) is 0.975. The van der Waals surface area contributed by atoms with Gasteiger partial charge in [-0.2, -0.15) is 0 Å². The lowest BCUT2D eigenvalue weighted by Crippen LogP contribution is -2.32. The average molecular weight is 444 g/mol. The van der Waals surface area contributed by atoms with Crippen LogP contribution >= 0.6 is 0 Å². The van der Waals surface area contributed by atoms with E-state index >= 15 is 0 Å². The van der Waals surface area contributed by atoms with Crippen LogP contribution in [0.2, 0.25) is 0 Å². The summed E-state index contributed by atoms with van der Waals surface area (Å²) >= 11 is 0. The quantitative estimate of drug-likeness (QED) is 0.444. The zero-order valence-corrected chi connectivity index (χ0v) is 18.4. The summed E-state index contributed by atoms with van der Waals surface area (Å²) in [5, 5.41) is 14.3. The van der Waals surface area contributed by atoms with Gasteiger partial charge in [-0.05, 0) is 61.6 Å². The van der Waals surface area contributed by atoms with Crippen LogP contribution < -0.4 is 5.32 Å². The Kier molecular flexibility index (Phi) is 5.64. The van der Waals surface area contributed by atoms with E-state index in [-0.39, 0.29) is 11.9 Å². The number of aliphatic hydroxyl groups is 1. The molecule has 2 N–H and O–H groups in total. The highest BCUT2D eigenvalue weighted by molar-refractivity contribution is 5.75. The summed E-state index contributed by atoms with van der Waals surface area (Å²) in [6.45, 7) is 0. The van der Waals surface area contributed by atoms with Crippen molar-refractivity contribution >= 4 is 5.82 Å². The highest BCUT2D eigenvalue weighted by Crippen LogP contribution is 2.43. The van der Waals surface area contributed by atoms with E-state index in [1.54, 1.807) is 18.3 Å². The Balaban J connectivity index is 1.52. The fourth-order valence-electron chi connectivity index (χ4n) is 4.69. The second kappa shape index (κ2) is 8.75. The first kappa shape index (κ1) is 21.3. The molecule has 0 radical (unpaired) electrons. The lowest BCUT2D eigenvalue weighted by Gasteiger charge is -2.37. The first-order chi connectivity index (χ1) is 16.1. The fraction of sp³-hybridized carbons (Fsp3) is 0.269. The first-order valence-electron chi connectivity index (χ1n) is 11.2. The lowest BCUT2D eigenvalue weighted by molar-refractivity contribution is -0.0122. The van der Waals surface area contributed by atoms with Crippen LogP contribution in [0.25, 0.3) is 22.8 Å². The molecule has 1 aliphatic rings. The third-order valence-electron chi connectivity index (χ3n) is 6.52. The van der Waals surface area contributed by atoms with E-state index in [1.807, 2.05) is 49.8 Å². The second-order valence-electron chi connectivity index (χ2n) is 8.50. The van der Waals surface area contributed by atoms with Gasteiger partial charge in [0.05, 0.1) is 17.6 Å². The largest absolute Gasteiger partial charge is 0.385 e. The van der Waals surface area contributed by atoms with E-state index < -0.39 is 5.60 Å². The molecule has 0 aliphatic heterocycles. The van der Waals surface area contributed by atoms with E-state index in [0.717, 1.165) is 29.7 Å². The number of benzene rings is 2. The van der Waals surface area contributed by atoms with Gasteiger partial charge in [-0.3, -0.25) is 0 Å². The maximum Gasteiger partial charge on any atom is 0.180 e. The Hall–Kier alpha value is -3.58. The molecule has 33 heavy (non-hydrogen) atoms. The van der Waals surface area contributed by atoms with Crippen molar-refractivity contribution in [2.45, 2.75) is 37.3 Å². The molecule has 6 nitrogen and oxygen atoms in total. The topological polar surface area (TPSA) is 75.9 Å². The Labute approximate surface area is 192 Å². The van der Waals surface area contributed by atoms with Crippen LogP contribution in [0.3, 0.4) is 0 Å². The van der Waals surface area contributed by atoms with Gasteiger partial charge in [0.2, 0.25) is 0 Å². The van der Waals surface area contributed by atoms with Crippen LogP contribution in [0.4, 0.5) is 10.2 Å². The third kappa shape index (κ3) is 4.12. The summed E-state index contributed by atoms with van der Waals surface area (Å²) in [7, 11) is 1.82. The van der Waals surface area contributed by atoms with E-state index in [1.165, 1.54) is 12.1 Å². The molecule has 1 fully saturated rings. The van der Waals surface area contributed by atoms with Crippen molar-refractivity contribution in [1.82, 2.24) is 19.5 Å². The molecule has 2 heterocycles. The molecule has 4 aromatic rings. The van der Waals surface area contributed by atoms with Crippen molar-refractivity contribution in [2.75, 3.05) is 12.4 Å². The SMILES string of the molecule is CNc1ccnc(-c2c(-c3ccc(F)cc3)ncn2C2CCC(O)(c3ccccc3)CC2)n1. The van der Waals surface area contributed by atoms with Crippen LogP contribution in [0, 0.1) is 5.82 Å². The molecule has 168 valence electrons. The van der Waals surface area contributed by atoms with Crippen LogP contribution in [-0.4, -0.2) is 31.7 Å². The summed E-state index contributed by atoms with van der Waals surface area (Å²) in [4.78, 5) is 13.9. The minimum Gasteiger partial charge on any atom is -0.385 e. The number of aromatic nitrogens is 4. The zero-order chi connectivity index (χ0) is 22.8. The number of nitrogens with one attached hydrogen (secondary N) is 1. The van der Waals surface area contributed by atoms with Gasteiger partial charge in [0, 0.05) is 24.8 Å². The van der Waals surface area contributed by atoms with Gasteiger partial charge in [0.15, 0.2) is 5.82 Å². The number of rotatable bonds is 5. The van der Waals surface area contributed by atoms with Gasteiger partial charge in [-0.1, -0.05) is 30.3 Å². The van der Waals surface area contributed by atoms with E-state index in [4.69, 9.17) is 4.98 Å². The molecule has 5 rings (SSSR count). The van der Waals surface area contributed by atoms with Crippen LogP contribution in [0.5, 0.6) is 0 Å². The number of anilines is 1. The van der Waals surface area contributed by atoms with Crippen molar-refractivity contribution in [3.8, 4) is 22.8 Å². The van der Waals surface area contributed by atoms with E-state index in [9.17, 15) is 9.50 Å². The summed E-state index contributed by atoms with van der Waals surface area (Å²) in [6, 6.07) is 18.2. The Morgan fingerprint density at radius 1 is 1.00 bits per heavy atom. The predicted octanol–water partition coefficient (Wildman–Crippen LogP) is 5.19. The number of hydrogen-bond acceptors (Lipinski definition) is 5. The molecule has 0 amide bonds. The second-order valence-corrected chi connectivity index (χ2v) is 8.50. The molecule has 0 bridgehead atoms. The predicted molar refractivity (Wildman–Crippen MR) is 126 cm³/mol. The highest BCUT2D eigenvalue weighted by Gasteiger charge is 2.36. The van der Waals surface area contributed by atoms with Gasteiger partial charge in [-0.25, -0.2) is 19.3 Å². The van der Waals surface area contributed by atoms with Crippen molar-refractivity contribution in [3.05, 3.63) is 84.6 Å². The first-order valence-corrected chi connectivity index (χ1v) is 11.2. The molecular formula is C26H26FN5O. The van der Waals surface area contributed by atoms with Crippen molar-refractivity contribution in [3.63, 3.8) is 0 Å². The van der Waals surface area contributed by atoms with E-state index in [0.29, 0.717) is 30.2 Å². The standard InChI is InChI=1S/C26H26FN5O/c1-28-22-13-16-29-25(31-22)24-23(18-7-9-20(27)10-8-18)30-17-32(24)21-11-14-26(33,15-12-21)19-5-3-2-4-6-19/h2-10,13,16-17,21,33H,11-12,14-15H2,1H3,(H,28,29,31). The Bertz CT molecular complexity index is 1230. The molecule has 0 unspecified atom stereocenters. The number of halogens is 1. The summed E-state index contributed by atoms with van der Waals surface area (Å²) in [5.41, 5.74) is 2.47. The van der Waals surface area contributed by atoms with Crippen molar-refractivity contribution in [2.24, 2.45) is 0 Å². The molecule has 2 aromatic carbocycles.